The summed E-state index contributed by atoms with van der Waals surface area (Å²) in [4.78, 5) is 23.7. The highest BCUT2D eigenvalue weighted by Gasteiger charge is 2.21. The molecule has 1 fully saturated rings. The molecule has 152 valence electrons. The molecule has 0 spiro atoms. The summed E-state index contributed by atoms with van der Waals surface area (Å²) in [6.07, 6.45) is 7.43. The van der Waals surface area contributed by atoms with Gasteiger partial charge in [0.15, 0.2) is 11.3 Å². The van der Waals surface area contributed by atoms with E-state index in [0.29, 0.717) is 17.9 Å². The molecule has 0 bridgehead atoms. The molecule has 1 amide bonds. The molecule has 30 heavy (non-hydrogen) atoms. The number of aryl methyl sites for hydroxylation is 1. The van der Waals surface area contributed by atoms with Crippen molar-refractivity contribution in [1.82, 2.24) is 29.5 Å². The van der Waals surface area contributed by atoms with E-state index in [9.17, 15) is 4.79 Å². The highest BCUT2D eigenvalue weighted by Crippen LogP contribution is 2.27. The summed E-state index contributed by atoms with van der Waals surface area (Å²) in [5.41, 5.74) is 3.00. The number of nitrogens with one attached hydrogen (secondary N) is 1. The molecular weight excluding hydrogens is 378 g/mol. The smallest absolute Gasteiger partial charge is 0.271 e. The van der Waals surface area contributed by atoms with Gasteiger partial charge in [-0.05, 0) is 12.8 Å². The quantitative estimate of drug-likeness (QED) is 0.482. The fourth-order valence-corrected chi connectivity index (χ4v) is 3.57. The highest BCUT2D eigenvalue weighted by molar-refractivity contribution is 5.93. The summed E-state index contributed by atoms with van der Waals surface area (Å²) in [6.45, 7) is 3.37. The second-order valence-corrected chi connectivity index (χ2v) is 7.42. The average Bonchev–Trinajstić information content (AvgIpc) is 3.40. The van der Waals surface area contributed by atoms with Crippen LogP contribution < -0.4 is 10.2 Å². The number of imidazole rings is 1. The van der Waals surface area contributed by atoms with Crippen molar-refractivity contribution in [3.05, 3.63) is 66.9 Å². The summed E-state index contributed by atoms with van der Waals surface area (Å²) in [7, 11) is 0. The summed E-state index contributed by atoms with van der Waals surface area (Å²) >= 11 is 0. The van der Waals surface area contributed by atoms with Crippen LogP contribution in [0, 0.1) is 0 Å². The summed E-state index contributed by atoms with van der Waals surface area (Å²) in [6, 6.07) is 13.9. The first-order valence-electron chi connectivity index (χ1n) is 10.2. The maximum absolute atomic E-state index is 12.6. The van der Waals surface area contributed by atoms with Crippen LogP contribution in [0.4, 0.5) is 5.82 Å². The van der Waals surface area contributed by atoms with Crippen LogP contribution in [0.5, 0.6) is 0 Å². The van der Waals surface area contributed by atoms with Gasteiger partial charge in [0.25, 0.3) is 5.91 Å². The molecular formula is C22H23N7O. The number of aromatic nitrogens is 5. The summed E-state index contributed by atoms with van der Waals surface area (Å²) < 4.78 is 3.78. The lowest BCUT2D eigenvalue weighted by Crippen LogP contribution is -2.38. The Morgan fingerprint density at radius 1 is 1.13 bits per heavy atom. The average molecular weight is 401 g/mol. The maximum atomic E-state index is 12.6. The number of hydrogen-bond donors (Lipinski definition) is 1. The lowest BCUT2D eigenvalue weighted by molar-refractivity contribution is 0.0947. The number of fused-ring (bicyclic) bond motifs is 1. The van der Waals surface area contributed by atoms with E-state index in [4.69, 9.17) is 4.98 Å². The number of benzene rings is 1. The van der Waals surface area contributed by atoms with Gasteiger partial charge in [0.05, 0.1) is 12.0 Å². The zero-order chi connectivity index (χ0) is 20.3. The molecule has 1 aliphatic rings. The van der Waals surface area contributed by atoms with Crippen LogP contribution >= 0.6 is 0 Å². The van der Waals surface area contributed by atoms with Gasteiger partial charge < -0.3 is 14.8 Å². The summed E-state index contributed by atoms with van der Waals surface area (Å²) in [5, 5.41) is 7.52. The van der Waals surface area contributed by atoms with E-state index in [1.54, 1.807) is 23.1 Å². The number of rotatable bonds is 7. The molecule has 8 nitrogen and oxygen atoms in total. The molecule has 4 aromatic rings. The Hall–Kier alpha value is -3.68. The first-order chi connectivity index (χ1) is 14.8. The molecule has 5 rings (SSSR count). The maximum Gasteiger partial charge on any atom is 0.271 e. The number of nitrogens with zero attached hydrogens (tertiary/aromatic N) is 6. The second-order valence-electron chi connectivity index (χ2n) is 7.42. The predicted molar refractivity (Wildman–Crippen MR) is 114 cm³/mol. The number of anilines is 1. The van der Waals surface area contributed by atoms with Crippen LogP contribution in [-0.2, 0) is 6.54 Å². The standard InChI is InChI=1S/C22H23N7O/c30-22(24-8-4-10-27-13-9-23-16-27)19-14-20-25-18(17-6-2-1-3-7-17)15-21(29(20)26-19)28-11-5-12-28/h1-3,6-7,9,13-16H,4-5,8,10-12H2,(H,24,30). The van der Waals surface area contributed by atoms with Crippen molar-refractivity contribution in [3.63, 3.8) is 0 Å². The minimum Gasteiger partial charge on any atom is -0.356 e. The molecule has 0 unspecified atom stereocenters. The van der Waals surface area contributed by atoms with Gasteiger partial charge in [-0.25, -0.2) is 9.97 Å². The van der Waals surface area contributed by atoms with Crippen LogP contribution in [-0.4, -0.2) is 49.7 Å². The minimum atomic E-state index is -0.179. The van der Waals surface area contributed by atoms with Crippen molar-refractivity contribution < 1.29 is 4.79 Å². The van der Waals surface area contributed by atoms with Crippen molar-refractivity contribution in [2.45, 2.75) is 19.4 Å². The Morgan fingerprint density at radius 3 is 2.73 bits per heavy atom. The molecule has 0 saturated carbocycles. The van der Waals surface area contributed by atoms with Gasteiger partial charge in [-0.1, -0.05) is 30.3 Å². The van der Waals surface area contributed by atoms with Crippen molar-refractivity contribution >= 4 is 17.4 Å². The number of amides is 1. The highest BCUT2D eigenvalue weighted by atomic mass is 16.1. The van der Waals surface area contributed by atoms with Crippen LogP contribution in [0.3, 0.4) is 0 Å². The van der Waals surface area contributed by atoms with Crippen molar-refractivity contribution in [2.75, 3.05) is 24.5 Å². The third kappa shape index (κ3) is 3.63. The number of carbonyl (C=O) groups is 1. The van der Waals surface area contributed by atoms with E-state index in [0.717, 1.165) is 49.6 Å². The molecule has 0 atom stereocenters. The van der Waals surface area contributed by atoms with E-state index in [1.165, 1.54) is 0 Å². The van der Waals surface area contributed by atoms with Gasteiger partial charge in [0, 0.05) is 56.3 Å². The number of carbonyl (C=O) groups excluding carboxylic acids is 1. The van der Waals surface area contributed by atoms with E-state index in [-0.39, 0.29) is 5.91 Å². The monoisotopic (exact) mass is 401 g/mol. The molecule has 3 aromatic heterocycles. The molecule has 0 aliphatic carbocycles. The molecule has 1 saturated heterocycles. The first-order valence-corrected chi connectivity index (χ1v) is 10.2. The largest absolute Gasteiger partial charge is 0.356 e. The Labute approximate surface area is 174 Å². The third-order valence-electron chi connectivity index (χ3n) is 5.33. The fraction of sp³-hybridized carbons (Fsp3) is 0.273. The zero-order valence-electron chi connectivity index (χ0n) is 16.6. The predicted octanol–water partition coefficient (Wildman–Crippen LogP) is 2.62. The topological polar surface area (TPSA) is 80.4 Å². The Kier molecular flexibility index (Phi) is 4.88. The van der Waals surface area contributed by atoms with Crippen LogP contribution in [0.2, 0.25) is 0 Å². The van der Waals surface area contributed by atoms with E-state index in [2.05, 4.69) is 26.4 Å². The van der Waals surface area contributed by atoms with Gasteiger partial charge in [0.1, 0.15) is 5.82 Å². The van der Waals surface area contributed by atoms with E-state index < -0.39 is 0 Å². The second kappa shape index (κ2) is 7.98. The molecule has 1 aromatic carbocycles. The van der Waals surface area contributed by atoms with Gasteiger partial charge in [-0.3, -0.25) is 4.79 Å². The molecule has 0 radical (unpaired) electrons. The lowest BCUT2D eigenvalue weighted by Gasteiger charge is -2.33. The van der Waals surface area contributed by atoms with Crippen LogP contribution in [0.1, 0.15) is 23.3 Å². The van der Waals surface area contributed by atoms with Gasteiger partial charge in [-0.2, -0.15) is 9.61 Å². The van der Waals surface area contributed by atoms with Crippen molar-refractivity contribution in [2.24, 2.45) is 0 Å². The van der Waals surface area contributed by atoms with E-state index in [1.807, 2.05) is 41.1 Å². The lowest BCUT2D eigenvalue weighted by atomic mass is 10.1. The summed E-state index contributed by atoms with van der Waals surface area (Å²) in [5.74, 6) is 0.797. The molecule has 1 N–H and O–H groups in total. The number of hydrogen-bond acceptors (Lipinski definition) is 5. The van der Waals surface area contributed by atoms with Crippen molar-refractivity contribution in [1.29, 1.82) is 0 Å². The first kappa shape index (κ1) is 18.4. The Balaban J connectivity index is 1.37. The molecule has 4 heterocycles. The van der Waals surface area contributed by atoms with Gasteiger partial charge >= 0.3 is 0 Å². The Bertz CT molecular complexity index is 1150. The minimum absolute atomic E-state index is 0.179. The zero-order valence-corrected chi connectivity index (χ0v) is 16.6. The van der Waals surface area contributed by atoms with E-state index >= 15 is 0 Å². The van der Waals surface area contributed by atoms with Gasteiger partial charge in [0.2, 0.25) is 0 Å². The van der Waals surface area contributed by atoms with Crippen molar-refractivity contribution in [3.8, 4) is 11.3 Å². The normalized spacial score (nSPS) is 13.4. The SMILES string of the molecule is O=C(NCCCn1ccnc1)c1cc2nc(-c3ccccc3)cc(N3CCC3)n2n1. The molecule has 8 heteroatoms. The third-order valence-corrected chi connectivity index (χ3v) is 5.33. The molecule has 1 aliphatic heterocycles. The Morgan fingerprint density at radius 2 is 2.00 bits per heavy atom. The fourth-order valence-electron chi connectivity index (χ4n) is 3.57. The van der Waals surface area contributed by atoms with Gasteiger partial charge in [-0.15, -0.1) is 0 Å². The van der Waals surface area contributed by atoms with Crippen LogP contribution in [0.15, 0.2) is 61.2 Å². The van der Waals surface area contributed by atoms with Crippen LogP contribution in [0.25, 0.3) is 16.9 Å².